The van der Waals surface area contributed by atoms with Gasteiger partial charge in [0.2, 0.25) is 0 Å². The van der Waals surface area contributed by atoms with E-state index >= 15 is 0 Å². The van der Waals surface area contributed by atoms with Gasteiger partial charge < -0.3 is 10.1 Å². The van der Waals surface area contributed by atoms with E-state index < -0.39 is 0 Å². The molecule has 0 amide bonds. The molecule has 0 aliphatic carbocycles. The first-order valence-electron chi connectivity index (χ1n) is 6.96. The summed E-state index contributed by atoms with van der Waals surface area (Å²) < 4.78 is 5.54. The van der Waals surface area contributed by atoms with E-state index in [1.54, 1.807) is 7.11 Å². The van der Waals surface area contributed by atoms with Crippen molar-refractivity contribution in [1.29, 1.82) is 0 Å². The fourth-order valence-corrected chi connectivity index (χ4v) is 2.32. The highest BCUT2D eigenvalue weighted by molar-refractivity contribution is 5.43. The fraction of sp³-hybridized carbons (Fsp3) is 0.353. The number of hydrogen-bond donors (Lipinski definition) is 1. The molecule has 1 aromatic carbocycles. The minimum absolute atomic E-state index is 0.101. The van der Waals surface area contributed by atoms with Crippen LogP contribution in [0.15, 0.2) is 36.5 Å². The highest BCUT2D eigenvalue weighted by Crippen LogP contribution is 2.30. The Morgan fingerprint density at radius 1 is 1.20 bits per heavy atom. The van der Waals surface area contributed by atoms with E-state index in [4.69, 9.17) is 4.74 Å². The minimum Gasteiger partial charge on any atom is -0.496 e. The molecule has 1 N–H and O–H groups in total. The van der Waals surface area contributed by atoms with Gasteiger partial charge in [-0.2, -0.15) is 0 Å². The summed E-state index contributed by atoms with van der Waals surface area (Å²) in [4.78, 5) is 4.40. The molecule has 20 heavy (non-hydrogen) atoms. The van der Waals surface area contributed by atoms with Crippen LogP contribution in [-0.4, -0.2) is 18.6 Å². The van der Waals surface area contributed by atoms with Crippen LogP contribution in [0.4, 0.5) is 0 Å². The smallest absolute Gasteiger partial charge is 0.124 e. The van der Waals surface area contributed by atoms with Gasteiger partial charge in [0.05, 0.1) is 13.2 Å². The maximum absolute atomic E-state index is 5.54. The second-order valence-electron chi connectivity index (χ2n) is 4.97. The van der Waals surface area contributed by atoms with E-state index in [1.165, 1.54) is 5.56 Å². The Kier molecular flexibility index (Phi) is 4.74. The summed E-state index contributed by atoms with van der Waals surface area (Å²) in [6, 6.07) is 10.6. The third kappa shape index (κ3) is 3.17. The van der Waals surface area contributed by atoms with Crippen LogP contribution in [0.5, 0.6) is 5.75 Å². The number of benzene rings is 1. The number of aromatic nitrogens is 1. The number of ether oxygens (including phenoxy) is 1. The Hall–Kier alpha value is -1.87. The number of pyridine rings is 1. The topological polar surface area (TPSA) is 34.2 Å². The van der Waals surface area contributed by atoms with Gasteiger partial charge in [-0.15, -0.1) is 0 Å². The Morgan fingerprint density at radius 3 is 2.60 bits per heavy atom. The summed E-state index contributed by atoms with van der Waals surface area (Å²) in [5.41, 5.74) is 4.52. The number of nitrogens with one attached hydrogen (secondary N) is 1. The van der Waals surface area contributed by atoms with Gasteiger partial charge in [-0.1, -0.05) is 25.1 Å². The van der Waals surface area contributed by atoms with E-state index in [1.807, 2.05) is 19.2 Å². The number of aryl methyl sites for hydroxylation is 2. The number of nitrogens with zero attached hydrogens (tertiary/aromatic N) is 1. The highest BCUT2D eigenvalue weighted by Gasteiger charge is 2.17. The van der Waals surface area contributed by atoms with Crippen LogP contribution >= 0.6 is 0 Å². The van der Waals surface area contributed by atoms with E-state index in [0.717, 1.165) is 29.1 Å². The number of methoxy groups -OCH3 is 1. The summed E-state index contributed by atoms with van der Waals surface area (Å²) in [7, 11) is 1.72. The zero-order valence-corrected chi connectivity index (χ0v) is 12.6. The Balaban J connectivity index is 2.45. The van der Waals surface area contributed by atoms with Crippen LogP contribution in [0.2, 0.25) is 0 Å². The SMILES string of the molecule is CCNC(c1ccc(C)nc1)c1ccc(C)cc1OC. The van der Waals surface area contributed by atoms with Gasteiger partial charge in [-0.25, -0.2) is 0 Å². The molecule has 0 spiro atoms. The first-order valence-corrected chi connectivity index (χ1v) is 6.96. The number of hydrogen-bond acceptors (Lipinski definition) is 3. The van der Waals surface area contributed by atoms with Crippen LogP contribution < -0.4 is 10.1 Å². The Morgan fingerprint density at radius 2 is 2.00 bits per heavy atom. The van der Waals surface area contributed by atoms with Crippen LogP contribution in [-0.2, 0) is 0 Å². The van der Waals surface area contributed by atoms with E-state index in [9.17, 15) is 0 Å². The van der Waals surface area contributed by atoms with Crippen LogP contribution in [0.1, 0.15) is 35.3 Å². The van der Waals surface area contributed by atoms with Gasteiger partial charge in [-0.3, -0.25) is 4.98 Å². The normalized spacial score (nSPS) is 12.2. The van der Waals surface area contributed by atoms with Crippen molar-refractivity contribution in [2.45, 2.75) is 26.8 Å². The first kappa shape index (κ1) is 14.5. The van der Waals surface area contributed by atoms with Crippen molar-refractivity contribution in [3.05, 3.63) is 58.9 Å². The molecular formula is C17H22N2O. The molecule has 3 nitrogen and oxygen atoms in total. The minimum atomic E-state index is 0.101. The molecule has 1 atom stereocenters. The molecule has 0 radical (unpaired) electrons. The Labute approximate surface area is 121 Å². The summed E-state index contributed by atoms with van der Waals surface area (Å²) in [5.74, 6) is 0.913. The van der Waals surface area contributed by atoms with E-state index in [-0.39, 0.29) is 6.04 Å². The average Bonchev–Trinajstić information content (AvgIpc) is 2.46. The Bertz CT molecular complexity index is 564. The molecule has 0 saturated carbocycles. The predicted molar refractivity (Wildman–Crippen MR) is 82.2 cm³/mol. The molecule has 1 aromatic heterocycles. The van der Waals surface area contributed by atoms with Crippen molar-refractivity contribution in [1.82, 2.24) is 10.3 Å². The molecule has 2 aromatic rings. The van der Waals surface area contributed by atoms with Crippen molar-refractivity contribution in [3.8, 4) is 5.75 Å². The molecule has 0 aliphatic rings. The molecule has 106 valence electrons. The van der Waals surface area contributed by atoms with Crippen molar-refractivity contribution >= 4 is 0 Å². The van der Waals surface area contributed by atoms with E-state index in [2.05, 4.69) is 48.4 Å². The first-order chi connectivity index (χ1) is 9.65. The quantitative estimate of drug-likeness (QED) is 0.904. The lowest BCUT2D eigenvalue weighted by Crippen LogP contribution is -2.22. The van der Waals surface area contributed by atoms with Crippen molar-refractivity contribution in [2.75, 3.05) is 13.7 Å². The third-order valence-electron chi connectivity index (χ3n) is 3.38. The highest BCUT2D eigenvalue weighted by atomic mass is 16.5. The van der Waals surface area contributed by atoms with Crippen molar-refractivity contribution in [2.24, 2.45) is 0 Å². The van der Waals surface area contributed by atoms with Gasteiger partial charge in [0.25, 0.3) is 0 Å². The maximum Gasteiger partial charge on any atom is 0.124 e. The van der Waals surface area contributed by atoms with E-state index in [0.29, 0.717) is 0 Å². The van der Waals surface area contributed by atoms with Gasteiger partial charge in [0.1, 0.15) is 5.75 Å². The zero-order valence-electron chi connectivity index (χ0n) is 12.6. The van der Waals surface area contributed by atoms with Gasteiger partial charge >= 0.3 is 0 Å². The average molecular weight is 270 g/mol. The van der Waals surface area contributed by atoms with Crippen molar-refractivity contribution in [3.63, 3.8) is 0 Å². The molecule has 1 unspecified atom stereocenters. The zero-order chi connectivity index (χ0) is 14.5. The lowest BCUT2D eigenvalue weighted by Gasteiger charge is -2.21. The lowest BCUT2D eigenvalue weighted by atomic mass is 9.97. The van der Waals surface area contributed by atoms with Crippen LogP contribution in [0, 0.1) is 13.8 Å². The molecule has 0 fully saturated rings. The molecule has 0 aliphatic heterocycles. The summed E-state index contributed by atoms with van der Waals surface area (Å²) >= 11 is 0. The second-order valence-corrected chi connectivity index (χ2v) is 4.97. The predicted octanol–water partition coefficient (Wildman–Crippen LogP) is 3.41. The largest absolute Gasteiger partial charge is 0.496 e. The molecule has 2 rings (SSSR count). The van der Waals surface area contributed by atoms with Gasteiger partial charge in [0.15, 0.2) is 0 Å². The summed E-state index contributed by atoms with van der Waals surface area (Å²) in [5, 5.41) is 3.51. The van der Waals surface area contributed by atoms with Crippen LogP contribution in [0.3, 0.4) is 0 Å². The molecule has 1 heterocycles. The molecule has 0 bridgehead atoms. The molecule has 0 saturated heterocycles. The fourth-order valence-electron chi connectivity index (χ4n) is 2.32. The second kappa shape index (κ2) is 6.53. The summed E-state index contributed by atoms with van der Waals surface area (Å²) in [6.45, 7) is 7.06. The third-order valence-corrected chi connectivity index (χ3v) is 3.38. The standard InChI is InChI=1S/C17H22N2O/c1-5-18-17(14-8-7-13(3)19-11-14)15-9-6-12(2)10-16(15)20-4/h6-11,17-18H,5H2,1-4H3. The van der Waals surface area contributed by atoms with Crippen LogP contribution in [0.25, 0.3) is 0 Å². The van der Waals surface area contributed by atoms with Gasteiger partial charge in [-0.05, 0) is 43.7 Å². The monoisotopic (exact) mass is 270 g/mol. The molecule has 3 heteroatoms. The summed E-state index contributed by atoms with van der Waals surface area (Å²) in [6.07, 6.45) is 1.93. The maximum atomic E-state index is 5.54. The molecular weight excluding hydrogens is 248 g/mol. The lowest BCUT2D eigenvalue weighted by molar-refractivity contribution is 0.404. The number of rotatable bonds is 5. The van der Waals surface area contributed by atoms with Crippen molar-refractivity contribution < 1.29 is 4.74 Å². The van der Waals surface area contributed by atoms with Gasteiger partial charge in [0, 0.05) is 17.5 Å².